The molecule has 4 nitrogen and oxygen atoms in total. The predicted molar refractivity (Wildman–Crippen MR) is 86.2 cm³/mol. The summed E-state index contributed by atoms with van der Waals surface area (Å²) in [4.78, 5) is 4.60. The zero-order valence-electron chi connectivity index (χ0n) is 12.9. The summed E-state index contributed by atoms with van der Waals surface area (Å²) in [7, 11) is 1.66. The van der Waals surface area contributed by atoms with Gasteiger partial charge in [0.1, 0.15) is 17.1 Å². The summed E-state index contributed by atoms with van der Waals surface area (Å²) in [5, 5.41) is 0. The van der Waals surface area contributed by atoms with Crippen LogP contribution in [-0.2, 0) is 17.2 Å². The fourth-order valence-electron chi connectivity index (χ4n) is 2.38. The molecule has 0 N–H and O–H groups in total. The van der Waals surface area contributed by atoms with E-state index in [1.54, 1.807) is 7.11 Å². The second kappa shape index (κ2) is 7.66. The van der Waals surface area contributed by atoms with Crippen LogP contribution in [0.15, 0.2) is 18.2 Å². The van der Waals surface area contributed by atoms with Crippen molar-refractivity contribution in [1.82, 2.24) is 9.55 Å². The number of hydrogen-bond donors (Lipinski definition) is 0. The molecular weight excluding hydrogens is 288 g/mol. The number of imidazole rings is 1. The summed E-state index contributed by atoms with van der Waals surface area (Å²) in [5.41, 5.74) is 1.96. The minimum atomic E-state index is 0.293. The van der Waals surface area contributed by atoms with Crippen molar-refractivity contribution in [2.24, 2.45) is 0 Å². The first-order chi connectivity index (χ1) is 10.2. The fourth-order valence-corrected chi connectivity index (χ4v) is 2.58. The predicted octanol–water partition coefficient (Wildman–Crippen LogP) is 3.99. The Bertz CT molecular complexity index is 581. The van der Waals surface area contributed by atoms with Crippen LogP contribution < -0.4 is 4.74 Å². The van der Waals surface area contributed by atoms with Gasteiger partial charge in [0.05, 0.1) is 24.6 Å². The van der Waals surface area contributed by atoms with Crippen LogP contribution in [0.3, 0.4) is 0 Å². The van der Waals surface area contributed by atoms with E-state index in [0.717, 1.165) is 48.6 Å². The molecule has 1 aromatic carbocycles. The molecule has 0 radical (unpaired) electrons. The second-order valence-electron chi connectivity index (χ2n) is 5.27. The van der Waals surface area contributed by atoms with Crippen molar-refractivity contribution in [3.63, 3.8) is 0 Å². The van der Waals surface area contributed by atoms with Gasteiger partial charge in [0, 0.05) is 13.2 Å². The zero-order chi connectivity index (χ0) is 15.2. The third-order valence-electron chi connectivity index (χ3n) is 3.39. The topological polar surface area (TPSA) is 36.3 Å². The van der Waals surface area contributed by atoms with Gasteiger partial charge < -0.3 is 14.0 Å². The van der Waals surface area contributed by atoms with Crippen molar-refractivity contribution in [2.45, 2.75) is 45.2 Å². The molecule has 5 heteroatoms. The molecule has 0 aliphatic carbocycles. The Morgan fingerprint density at radius 1 is 1.29 bits per heavy atom. The number of aromatic nitrogens is 2. The van der Waals surface area contributed by atoms with Gasteiger partial charge in [-0.15, -0.1) is 11.6 Å². The number of nitrogens with zero attached hydrogens (tertiary/aromatic N) is 2. The van der Waals surface area contributed by atoms with Crippen LogP contribution in [0.2, 0.25) is 0 Å². The zero-order valence-corrected chi connectivity index (χ0v) is 13.7. The van der Waals surface area contributed by atoms with Crippen molar-refractivity contribution in [2.75, 3.05) is 13.7 Å². The average molecular weight is 311 g/mol. The molecule has 0 amide bonds. The van der Waals surface area contributed by atoms with Crippen LogP contribution in [-0.4, -0.2) is 29.4 Å². The Kier molecular flexibility index (Phi) is 5.88. The molecule has 1 heterocycles. The van der Waals surface area contributed by atoms with Gasteiger partial charge in [-0.25, -0.2) is 4.98 Å². The summed E-state index contributed by atoms with van der Waals surface area (Å²) < 4.78 is 13.1. The van der Waals surface area contributed by atoms with Crippen LogP contribution in [0.4, 0.5) is 0 Å². The highest BCUT2D eigenvalue weighted by Gasteiger charge is 2.12. The van der Waals surface area contributed by atoms with Crippen molar-refractivity contribution in [1.29, 1.82) is 0 Å². The molecule has 0 saturated heterocycles. The van der Waals surface area contributed by atoms with Gasteiger partial charge in [-0.2, -0.15) is 0 Å². The minimum absolute atomic E-state index is 0.293. The van der Waals surface area contributed by atoms with Crippen LogP contribution in [0.5, 0.6) is 5.75 Å². The maximum absolute atomic E-state index is 6.03. The number of methoxy groups -OCH3 is 1. The number of para-hydroxylation sites is 1. The second-order valence-corrected chi connectivity index (χ2v) is 5.54. The maximum atomic E-state index is 6.03. The SMILES string of the molecule is COc1cccc2c1nc(CCl)n2CCCCOC(C)C. The Morgan fingerprint density at radius 3 is 2.76 bits per heavy atom. The highest BCUT2D eigenvalue weighted by molar-refractivity contribution is 6.16. The van der Waals surface area contributed by atoms with E-state index >= 15 is 0 Å². The molecule has 21 heavy (non-hydrogen) atoms. The number of alkyl halides is 1. The number of fused-ring (bicyclic) bond motifs is 1. The Balaban J connectivity index is 2.11. The smallest absolute Gasteiger partial charge is 0.146 e. The van der Waals surface area contributed by atoms with Gasteiger partial charge in [-0.05, 0) is 38.8 Å². The van der Waals surface area contributed by atoms with Gasteiger partial charge in [-0.3, -0.25) is 0 Å². The summed E-state index contributed by atoms with van der Waals surface area (Å²) >= 11 is 6.03. The molecule has 2 rings (SSSR count). The molecule has 0 bridgehead atoms. The molecule has 0 aliphatic rings. The lowest BCUT2D eigenvalue weighted by molar-refractivity contribution is 0.0754. The molecule has 0 atom stereocenters. The minimum Gasteiger partial charge on any atom is -0.494 e. The molecule has 1 aromatic heterocycles. The van der Waals surface area contributed by atoms with E-state index in [0.29, 0.717) is 12.0 Å². The molecule has 0 aliphatic heterocycles. The summed E-state index contributed by atoms with van der Waals surface area (Å²) in [5.74, 6) is 2.09. The first kappa shape index (κ1) is 16.1. The Hall–Kier alpha value is -1.26. The third-order valence-corrected chi connectivity index (χ3v) is 3.63. The number of unbranched alkanes of at least 4 members (excludes halogenated alkanes) is 1. The number of benzene rings is 1. The normalized spacial score (nSPS) is 11.5. The van der Waals surface area contributed by atoms with Crippen molar-refractivity contribution >= 4 is 22.6 Å². The Labute approximate surface area is 131 Å². The van der Waals surface area contributed by atoms with Gasteiger partial charge in [0.25, 0.3) is 0 Å². The largest absolute Gasteiger partial charge is 0.494 e. The molecule has 0 saturated carbocycles. The lowest BCUT2D eigenvalue weighted by Gasteiger charge is -2.09. The van der Waals surface area contributed by atoms with Crippen molar-refractivity contribution < 1.29 is 9.47 Å². The van der Waals surface area contributed by atoms with Crippen LogP contribution in [0.1, 0.15) is 32.5 Å². The van der Waals surface area contributed by atoms with E-state index in [-0.39, 0.29) is 0 Å². The average Bonchev–Trinajstić information content (AvgIpc) is 2.84. The lowest BCUT2D eigenvalue weighted by Crippen LogP contribution is -2.07. The summed E-state index contributed by atoms with van der Waals surface area (Å²) in [6.07, 6.45) is 2.37. The molecular formula is C16H23ClN2O2. The maximum Gasteiger partial charge on any atom is 0.146 e. The van der Waals surface area contributed by atoms with E-state index < -0.39 is 0 Å². The van der Waals surface area contributed by atoms with E-state index in [9.17, 15) is 0 Å². The van der Waals surface area contributed by atoms with Crippen LogP contribution >= 0.6 is 11.6 Å². The van der Waals surface area contributed by atoms with Crippen LogP contribution in [0.25, 0.3) is 11.0 Å². The van der Waals surface area contributed by atoms with Gasteiger partial charge in [-0.1, -0.05) is 6.07 Å². The van der Waals surface area contributed by atoms with Gasteiger partial charge >= 0.3 is 0 Å². The monoisotopic (exact) mass is 310 g/mol. The third kappa shape index (κ3) is 3.89. The Morgan fingerprint density at radius 2 is 2.10 bits per heavy atom. The highest BCUT2D eigenvalue weighted by Crippen LogP contribution is 2.26. The standard InChI is InChI=1S/C16H23ClN2O2/c1-12(2)21-10-5-4-9-19-13-7-6-8-14(20-3)16(13)18-15(19)11-17/h6-8,12H,4-5,9-11H2,1-3H3. The quantitative estimate of drug-likeness (QED) is 0.546. The molecule has 0 unspecified atom stereocenters. The number of ether oxygens (including phenoxy) is 2. The van der Waals surface area contributed by atoms with Crippen LogP contribution in [0, 0.1) is 0 Å². The van der Waals surface area contributed by atoms with E-state index in [1.165, 1.54) is 0 Å². The molecule has 0 fully saturated rings. The lowest BCUT2D eigenvalue weighted by atomic mass is 10.2. The summed E-state index contributed by atoms with van der Waals surface area (Å²) in [6.45, 7) is 5.81. The van der Waals surface area contributed by atoms with Crippen molar-refractivity contribution in [3.8, 4) is 5.75 Å². The molecule has 0 spiro atoms. The highest BCUT2D eigenvalue weighted by atomic mass is 35.5. The number of hydrogen-bond acceptors (Lipinski definition) is 3. The number of aryl methyl sites for hydroxylation is 1. The van der Waals surface area contributed by atoms with E-state index in [1.807, 2.05) is 12.1 Å². The number of rotatable bonds is 8. The van der Waals surface area contributed by atoms with Crippen molar-refractivity contribution in [3.05, 3.63) is 24.0 Å². The number of halogens is 1. The fraction of sp³-hybridized carbons (Fsp3) is 0.562. The van der Waals surface area contributed by atoms with Gasteiger partial charge in [0.15, 0.2) is 0 Å². The van der Waals surface area contributed by atoms with E-state index in [4.69, 9.17) is 21.1 Å². The van der Waals surface area contributed by atoms with E-state index in [2.05, 4.69) is 29.5 Å². The molecule has 2 aromatic rings. The summed E-state index contributed by atoms with van der Waals surface area (Å²) in [6, 6.07) is 5.97. The molecule has 116 valence electrons. The first-order valence-corrected chi connectivity index (χ1v) is 7.90. The first-order valence-electron chi connectivity index (χ1n) is 7.37. The van der Waals surface area contributed by atoms with Gasteiger partial charge in [0.2, 0.25) is 0 Å².